The van der Waals surface area contributed by atoms with Crippen LogP contribution in [0, 0.1) is 0 Å². The lowest BCUT2D eigenvalue weighted by atomic mass is 10.2. The molecule has 0 fully saturated rings. The third kappa shape index (κ3) is 4.37. The van der Waals surface area contributed by atoms with Crippen LogP contribution in [0.25, 0.3) is 0 Å². The molecule has 1 N–H and O–H groups in total. The van der Waals surface area contributed by atoms with Gasteiger partial charge in [-0.1, -0.05) is 23.2 Å². The van der Waals surface area contributed by atoms with Crippen molar-refractivity contribution < 1.29 is 14.3 Å². The van der Waals surface area contributed by atoms with Crippen LogP contribution in [0.3, 0.4) is 0 Å². The van der Waals surface area contributed by atoms with Crippen molar-refractivity contribution in [2.75, 3.05) is 14.2 Å². The number of nitrogens with zero attached hydrogens (tertiary/aromatic N) is 1. The number of hydrogen-bond donors (Lipinski definition) is 1. The largest absolute Gasteiger partial charge is 0.497 e. The van der Waals surface area contributed by atoms with Crippen LogP contribution in [0.5, 0.6) is 11.5 Å². The summed E-state index contributed by atoms with van der Waals surface area (Å²) in [4.78, 5) is 12.0. The number of carbonyl (C=O) groups excluding carboxylic acids is 1. The van der Waals surface area contributed by atoms with E-state index >= 15 is 0 Å². The molecule has 0 saturated heterocycles. The van der Waals surface area contributed by atoms with E-state index in [-0.39, 0.29) is 5.56 Å². The van der Waals surface area contributed by atoms with E-state index in [1.165, 1.54) is 19.4 Å². The Morgan fingerprint density at radius 1 is 1.13 bits per heavy atom. The van der Waals surface area contributed by atoms with Crippen molar-refractivity contribution in [3.8, 4) is 11.5 Å². The van der Waals surface area contributed by atoms with Crippen LogP contribution in [-0.2, 0) is 0 Å². The average molecular weight is 353 g/mol. The van der Waals surface area contributed by atoms with E-state index in [1.54, 1.807) is 37.4 Å². The van der Waals surface area contributed by atoms with Crippen molar-refractivity contribution >= 4 is 35.3 Å². The van der Waals surface area contributed by atoms with Crippen LogP contribution in [0.1, 0.15) is 15.9 Å². The first kappa shape index (κ1) is 17.1. The molecule has 0 radical (unpaired) electrons. The molecule has 0 saturated carbocycles. The smallest absolute Gasteiger partial charge is 0.272 e. The lowest BCUT2D eigenvalue weighted by Crippen LogP contribution is -2.18. The maximum absolute atomic E-state index is 12.0. The van der Waals surface area contributed by atoms with Crippen LogP contribution < -0.4 is 14.9 Å². The standard InChI is InChI=1S/C16H14Cl2N2O3/c1-22-12-5-3-10(15(8-12)23-2)9-19-20-16(21)13-7-11(17)4-6-14(13)18/h3-9H,1-2H3,(H,20,21)/b19-9-. The summed E-state index contributed by atoms with van der Waals surface area (Å²) in [6.45, 7) is 0. The molecule has 2 aromatic rings. The molecular formula is C16H14Cl2N2O3. The zero-order valence-corrected chi connectivity index (χ0v) is 14.0. The molecule has 0 aliphatic heterocycles. The summed E-state index contributed by atoms with van der Waals surface area (Å²) in [5, 5.41) is 4.62. The fourth-order valence-electron chi connectivity index (χ4n) is 1.82. The highest BCUT2D eigenvalue weighted by Crippen LogP contribution is 2.23. The van der Waals surface area contributed by atoms with Gasteiger partial charge in [-0.2, -0.15) is 5.10 Å². The van der Waals surface area contributed by atoms with Crippen molar-refractivity contribution in [3.05, 3.63) is 57.6 Å². The summed E-state index contributed by atoms with van der Waals surface area (Å²) < 4.78 is 10.4. The lowest BCUT2D eigenvalue weighted by Gasteiger charge is -2.07. The molecule has 23 heavy (non-hydrogen) atoms. The second-order valence-corrected chi connectivity index (χ2v) is 5.27. The minimum Gasteiger partial charge on any atom is -0.497 e. The first-order chi connectivity index (χ1) is 11.0. The minimum absolute atomic E-state index is 0.248. The van der Waals surface area contributed by atoms with E-state index in [0.717, 1.165) is 0 Å². The Labute approximate surface area is 143 Å². The van der Waals surface area contributed by atoms with Gasteiger partial charge in [-0.3, -0.25) is 4.79 Å². The SMILES string of the molecule is COc1ccc(/C=N\NC(=O)c2cc(Cl)ccc2Cl)c(OC)c1. The second kappa shape index (κ2) is 7.85. The molecule has 0 atom stereocenters. The Balaban J connectivity index is 2.12. The van der Waals surface area contributed by atoms with Gasteiger partial charge in [-0.15, -0.1) is 0 Å². The van der Waals surface area contributed by atoms with Crippen LogP contribution in [0.15, 0.2) is 41.5 Å². The molecule has 120 valence electrons. The Bertz CT molecular complexity index is 748. The second-order valence-electron chi connectivity index (χ2n) is 4.43. The Morgan fingerprint density at radius 2 is 1.91 bits per heavy atom. The average Bonchev–Trinajstić information content (AvgIpc) is 2.57. The number of carbonyl (C=O) groups is 1. The normalized spacial score (nSPS) is 10.6. The van der Waals surface area contributed by atoms with Gasteiger partial charge < -0.3 is 9.47 Å². The number of hydrazone groups is 1. The molecular weight excluding hydrogens is 339 g/mol. The quantitative estimate of drug-likeness (QED) is 0.658. The van der Waals surface area contributed by atoms with Gasteiger partial charge in [0, 0.05) is 16.7 Å². The summed E-state index contributed by atoms with van der Waals surface area (Å²) in [7, 11) is 3.11. The molecule has 0 bridgehead atoms. The summed E-state index contributed by atoms with van der Waals surface area (Å²) in [6, 6.07) is 9.88. The van der Waals surface area contributed by atoms with Gasteiger partial charge >= 0.3 is 0 Å². The molecule has 5 nitrogen and oxygen atoms in total. The molecule has 0 aliphatic rings. The number of nitrogens with one attached hydrogen (secondary N) is 1. The molecule has 0 aromatic heterocycles. The molecule has 7 heteroatoms. The van der Waals surface area contributed by atoms with Crippen LogP contribution in [0.4, 0.5) is 0 Å². The molecule has 0 spiro atoms. The summed E-state index contributed by atoms with van der Waals surface area (Å²) in [6.07, 6.45) is 1.47. The number of methoxy groups -OCH3 is 2. The molecule has 0 heterocycles. The number of hydrogen-bond acceptors (Lipinski definition) is 4. The number of rotatable bonds is 5. The van der Waals surface area contributed by atoms with E-state index < -0.39 is 5.91 Å². The molecule has 2 aromatic carbocycles. The molecule has 0 aliphatic carbocycles. The molecule has 0 unspecified atom stereocenters. The van der Waals surface area contributed by atoms with Crippen molar-refractivity contribution in [3.63, 3.8) is 0 Å². The number of amides is 1. The number of halogens is 2. The minimum atomic E-state index is -0.457. The topological polar surface area (TPSA) is 59.9 Å². The van der Waals surface area contributed by atoms with Gasteiger partial charge in [0.2, 0.25) is 0 Å². The van der Waals surface area contributed by atoms with Gasteiger partial charge in [0.15, 0.2) is 0 Å². The van der Waals surface area contributed by atoms with Crippen molar-refractivity contribution in [2.24, 2.45) is 5.10 Å². The van der Waals surface area contributed by atoms with E-state index in [0.29, 0.717) is 27.1 Å². The lowest BCUT2D eigenvalue weighted by molar-refractivity contribution is 0.0955. The van der Waals surface area contributed by atoms with Crippen molar-refractivity contribution in [1.29, 1.82) is 0 Å². The Hall–Kier alpha value is -2.24. The number of benzene rings is 2. The highest BCUT2D eigenvalue weighted by molar-refractivity contribution is 6.35. The molecule has 2 rings (SSSR count). The van der Waals surface area contributed by atoms with Gasteiger partial charge in [-0.25, -0.2) is 5.43 Å². The zero-order valence-electron chi connectivity index (χ0n) is 12.5. The van der Waals surface area contributed by atoms with Crippen LogP contribution in [-0.4, -0.2) is 26.3 Å². The Morgan fingerprint density at radius 3 is 2.61 bits per heavy atom. The van der Waals surface area contributed by atoms with Crippen LogP contribution in [0.2, 0.25) is 10.0 Å². The zero-order chi connectivity index (χ0) is 16.8. The van der Waals surface area contributed by atoms with E-state index in [9.17, 15) is 4.79 Å². The van der Waals surface area contributed by atoms with E-state index in [1.807, 2.05) is 0 Å². The predicted octanol–water partition coefficient (Wildman–Crippen LogP) is 3.77. The third-order valence-electron chi connectivity index (χ3n) is 2.98. The van der Waals surface area contributed by atoms with Crippen LogP contribution >= 0.6 is 23.2 Å². The highest BCUT2D eigenvalue weighted by Gasteiger charge is 2.10. The summed E-state index contributed by atoms with van der Waals surface area (Å²) >= 11 is 11.8. The first-order valence-corrected chi connectivity index (χ1v) is 7.31. The van der Waals surface area contributed by atoms with Gasteiger partial charge in [0.1, 0.15) is 11.5 Å². The third-order valence-corrected chi connectivity index (χ3v) is 3.55. The van der Waals surface area contributed by atoms with Gasteiger partial charge in [0.05, 0.1) is 31.0 Å². The van der Waals surface area contributed by atoms with Crippen molar-refractivity contribution in [2.45, 2.75) is 0 Å². The fourth-order valence-corrected chi connectivity index (χ4v) is 2.19. The fraction of sp³-hybridized carbons (Fsp3) is 0.125. The summed E-state index contributed by atoms with van der Waals surface area (Å²) in [5.74, 6) is 0.776. The van der Waals surface area contributed by atoms with E-state index in [2.05, 4.69) is 10.5 Å². The predicted molar refractivity (Wildman–Crippen MR) is 91.1 cm³/mol. The monoisotopic (exact) mass is 352 g/mol. The summed E-state index contributed by atoms with van der Waals surface area (Å²) in [5.41, 5.74) is 3.33. The molecule has 1 amide bonds. The first-order valence-electron chi connectivity index (χ1n) is 6.55. The Kier molecular flexibility index (Phi) is 5.84. The highest BCUT2D eigenvalue weighted by atomic mass is 35.5. The van der Waals surface area contributed by atoms with E-state index in [4.69, 9.17) is 32.7 Å². The maximum Gasteiger partial charge on any atom is 0.272 e. The van der Waals surface area contributed by atoms with Gasteiger partial charge in [0.25, 0.3) is 5.91 Å². The van der Waals surface area contributed by atoms with Crippen molar-refractivity contribution in [1.82, 2.24) is 5.43 Å². The maximum atomic E-state index is 12.0. The van der Waals surface area contributed by atoms with Gasteiger partial charge in [-0.05, 0) is 30.3 Å². The number of ether oxygens (including phenoxy) is 2.